The summed E-state index contributed by atoms with van der Waals surface area (Å²) in [6.07, 6.45) is -3.24. The van der Waals surface area contributed by atoms with Gasteiger partial charge in [-0.1, -0.05) is 18.5 Å². The molecule has 1 saturated heterocycles. The molecule has 6 rings (SSSR count). The summed E-state index contributed by atoms with van der Waals surface area (Å²) in [7, 11) is 0. The maximum atomic E-state index is 12.8. The van der Waals surface area contributed by atoms with E-state index >= 15 is 0 Å². The fourth-order valence-corrected chi connectivity index (χ4v) is 5.61. The van der Waals surface area contributed by atoms with Crippen LogP contribution in [0.3, 0.4) is 0 Å². The summed E-state index contributed by atoms with van der Waals surface area (Å²) in [4.78, 5) is 34.4. The number of hydrogen-bond acceptors (Lipinski definition) is 9. The van der Waals surface area contributed by atoms with Crippen molar-refractivity contribution in [1.82, 2.24) is 24.9 Å². The lowest BCUT2D eigenvalue weighted by atomic mass is 10.1. The predicted molar refractivity (Wildman–Crippen MR) is 152 cm³/mol. The van der Waals surface area contributed by atoms with Gasteiger partial charge in [0.25, 0.3) is 0 Å². The molecular weight excluding hydrogens is 650 g/mol. The first kappa shape index (κ1) is 32.2. The minimum atomic E-state index is -5.08. The van der Waals surface area contributed by atoms with E-state index in [4.69, 9.17) is 36.2 Å². The molecule has 236 valence electrons. The van der Waals surface area contributed by atoms with Crippen LogP contribution in [0.25, 0.3) is 16.2 Å². The Morgan fingerprint density at radius 2 is 1.73 bits per heavy atom. The standard InChI is InChI=1S/C26H20ClF3N6OS.C2HF3O2/c1-2-14-9-19-21(22(14)27)24(35-25(34-19)38-18-10-20-23(33-11-18)32-8-7-31-20)36-12-17(13-36)37-16-5-3-15(4-6-16)26(28,29)30;3-2(4,5)1(6)7/h3-8,10-11,17H,2,9,12-13H2,1H3;(H,6,7). The number of aromatic nitrogens is 5. The minimum absolute atomic E-state index is 0.188. The van der Waals surface area contributed by atoms with E-state index in [-0.39, 0.29) is 6.10 Å². The number of halogens is 7. The van der Waals surface area contributed by atoms with E-state index in [2.05, 4.69) is 26.8 Å². The average molecular weight is 671 g/mol. The maximum Gasteiger partial charge on any atom is 0.490 e. The number of benzene rings is 1. The molecule has 0 atom stereocenters. The Kier molecular flexibility index (Phi) is 9.07. The van der Waals surface area contributed by atoms with Crippen molar-refractivity contribution < 1.29 is 41.0 Å². The van der Waals surface area contributed by atoms with Gasteiger partial charge in [0, 0.05) is 29.9 Å². The van der Waals surface area contributed by atoms with E-state index < -0.39 is 23.9 Å². The Morgan fingerprint density at radius 3 is 2.36 bits per heavy atom. The normalized spacial score (nSPS) is 15.0. The minimum Gasteiger partial charge on any atom is -0.487 e. The van der Waals surface area contributed by atoms with Crippen molar-refractivity contribution in [3.8, 4) is 5.75 Å². The van der Waals surface area contributed by atoms with Crippen LogP contribution in [0.1, 0.15) is 30.2 Å². The van der Waals surface area contributed by atoms with Crippen LogP contribution in [0.15, 0.2) is 64.5 Å². The highest BCUT2D eigenvalue weighted by molar-refractivity contribution is 7.99. The van der Waals surface area contributed by atoms with Crippen molar-refractivity contribution in [3.63, 3.8) is 0 Å². The highest BCUT2D eigenvalue weighted by Crippen LogP contribution is 2.43. The third-order valence-corrected chi connectivity index (χ3v) is 7.95. The number of hydrogen-bond donors (Lipinski definition) is 1. The zero-order valence-corrected chi connectivity index (χ0v) is 24.6. The lowest BCUT2D eigenvalue weighted by Crippen LogP contribution is -2.54. The summed E-state index contributed by atoms with van der Waals surface area (Å²) >= 11 is 8.14. The number of carboxylic acids is 1. The largest absolute Gasteiger partial charge is 0.490 e. The van der Waals surface area contributed by atoms with Gasteiger partial charge in [-0.05, 0) is 54.1 Å². The monoisotopic (exact) mass is 670 g/mol. The molecule has 0 amide bonds. The van der Waals surface area contributed by atoms with Crippen LogP contribution in [0.2, 0.25) is 0 Å². The molecule has 0 saturated carbocycles. The van der Waals surface area contributed by atoms with Crippen molar-refractivity contribution in [3.05, 3.63) is 71.3 Å². The zero-order chi connectivity index (χ0) is 32.5. The first-order chi connectivity index (χ1) is 21.2. The summed E-state index contributed by atoms with van der Waals surface area (Å²) in [5.41, 5.74) is 3.37. The van der Waals surface area contributed by atoms with Gasteiger partial charge in [-0.15, -0.1) is 0 Å². The van der Waals surface area contributed by atoms with E-state index in [0.29, 0.717) is 46.6 Å². The maximum absolute atomic E-state index is 12.8. The smallest absolute Gasteiger partial charge is 0.487 e. The quantitative estimate of drug-likeness (QED) is 0.174. The lowest BCUT2D eigenvalue weighted by Gasteiger charge is -2.40. The van der Waals surface area contributed by atoms with Crippen molar-refractivity contribution in [2.24, 2.45) is 0 Å². The molecule has 2 aliphatic rings. The highest BCUT2D eigenvalue weighted by atomic mass is 35.5. The summed E-state index contributed by atoms with van der Waals surface area (Å²) in [5.74, 6) is -1.64. The molecule has 3 aromatic heterocycles. The second-order valence-electron chi connectivity index (χ2n) is 9.74. The number of carboxylic acid groups (broad SMARTS) is 1. The third kappa shape index (κ3) is 7.39. The van der Waals surface area contributed by atoms with Crippen molar-refractivity contribution in [2.45, 2.75) is 48.3 Å². The van der Waals surface area contributed by atoms with Gasteiger partial charge in [0.1, 0.15) is 23.2 Å². The van der Waals surface area contributed by atoms with Crippen LogP contribution >= 0.6 is 23.4 Å². The number of alkyl halides is 6. The summed E-state index contributed by atoms with van der Waals surface area (Å²) in [6, 6.07) is 6.64. The molecule has 0 spiro atoms. The van der Waals surface area contributed by atoms with Crippen LogP contribution < -0.4 is 9.64 Å². The topological polar surface area (TPSA) is 114 Å². The number of nitrogens with zero attached hydrogens (tertiary/aromatic N) is 6. The molecule has 0 bridgehead atoms. The van der Waals surface area contributed by atoms with Crippen LogP contribution in [-0.2, 0) is 17.4 Å². The Hall–Kier alpha value is -4.18. The first-order valence-corrected chi connectivity index (χ1v) is 14.3. The van der Waals surface area contributed by atoms with Gasteiger partial charge in [-0.25, -0.2) is 24.7 Å². The molecule has 4 heterocycles. The molecule has 0 unspecified atom stereocenters. The van der Waals surface area contributed by atoms with E-state index in [1.165, 1.54) is 23.9 Å². The van der Waals surface area contributed by atoms with Crippen molar-refractivity contribution >= 4 is 51.3 Å². The van der Waals surface area contributed by atoms with Crippen molar-refractivity contribution in [2.75, 3.05) is 18.0 Å². The second kappa shape index (κ2) is 12.7. The molecule has 1 aliphatic carbocycles. The van der Waals surface area contributed by atoms with Crippen LogP contribution in [0.5, 0.6) is 5.75 Å². The number of pyridine rings is 1. The number of carbonyl (C=O) groups is 1. The Bertz CT molecular complexity index is 1760. The van der Waals surface area contributed by atoms with Crippen molar-refractivity contribution in [1.29, 1.82) is 0 Å². The molecule has 17 heteroatoms. The fraction of sp³-hybridized carbons (Fsp3) is 0.286. The molecule has 45 heavy (non-hydrogen) atoms. The Labute approximate surface area is 260 Å². The van der Waals surface area contributed by atoms with E-state index in [0.717, 1.165) is 46.1 Å². The van der Waals surface area contributed by atoms with Crippen LogP contribution in [-0.4, -0.2) is 61.4 Å². The number of fused-ring (bicyclic) bond motifs is 2. The Morgan fingerprint density at radius 1 is 1.07 bits per heavy atom. The van der Waals surface area contributed by atoms with Gasteiger partial charge < -0.3 is 14.7 Å². The van der Waals surface area contributed by atoms with E-state index in [1.54, 1.807) is 18.6 Å². The molecule has 1 aliphatic heterocycles. The summed E-state index contributed by atoms with van der Waals surface area (Å²) < 4.78 is 76.2. The molecule has 1 aromatic carbocycles. The van der Waals surface area contributed by atoms with Crippen LogP contribution in [0, 0.1) is 0 Å². The summed E-state index contributed by atoms with van der Waals surface area (Å²) in [6.45, 7) is 3.10. The number of rotatable bonds is 6. The predicted octanol–water partition coefficient (Wildman–Crippen LogP) is 6.80. The first-order valence-electron chi connectivity index (χ1n) is 13.1. The van der Waals surface area contributed by atoms with E-state index in [9.17, 15) is 26.3 Å². The number of ether oxygens (including phenoxy) is 1. The third-order valence-electron chi connectivity index (χ3n) is 6.66. The van der Waals surface area contributed by atoms with Crippen LogP contribution in [0.4, 0.5) is 32.2 Å². The summed E-state index contributed by atoms with van der Waals surface area (Å²) in [5, 5.41) is 8.38. The number of aliphatic carboxylic acids is 1. The van der Waals surface area contributed by atoms with Gasteiger partial charge in [0.15, 0.2) is 10.8 Å². The highest BCUT2D eigenvalue weighted by Gasteiger charge is 2.38. The number of allylic oxidation sites excluding steroid dienone is 1. The Balaban J connectivity index is 0.000000515. The molecule has 1 fully saturated rings. The van der Waals surface area contributed by atoms with E-state index in [1.807, 2.05) is 6.07 Å². The SMILES string of the molecule is CCC1=C(Cl)c2c(nc(Sc3cnc4nccnc4c3)nc2N2CC(Oc3ccc(C(F)(F)F)cc3)C2)C1.O=C(O)C(F)(F)F. The molecule has 4 aromatic rings. The molecule has 1 N–H and O–H groups in total. The van der Waals surface area contributed by atoms with Gasteiger partial charge in [-0.2, -0.15) is 26.3 Å². The van der Waals surface area contributed by atoms with Gasteiger partial charge >= 0.3 is 18.3 Å². The second-order valence-corrected chi connectivity index (χ2v) is 11.2. The molecule has 0 radical (unpaired) electrons. The lowest BCUT2D eigenvalue weighted by molar-refractivity contribution is -0.192. The fourth-order valence-electron chi connectivity index (χ4n) is 4.44. The molecular formula is C28H21ClF6N6O3S. The number of anilines is 1. The van der Waals surface area contributed by atoms with Gasteiger partial charge in [-0.3, -0.25) is 4.98 Å². The molecule has 9 nitrogen and oxygen atoms in total. The van der Waals surface area contributed by atoms with Gasteiger partial charge in [0.05, 0.1) is 34.9 Å². The average Bonchev–Trinajstić information content (AvgIpc) is 3.29. The zero-order valence-electron chi connectivity index (χ0n) is 23.0. The van der Waals surface area contributed by atoms with Gasteiger partial charge in [0.2, 0.25) is 0 Å².